The number of benzene rings is 1. The van der Waals surface area contributed by atoms with Crippen LogP contribution in [0.3, 0.4) is 0 Å². The zero-order chi connectivity index (χ0) is 16.2. The van der Waals surface area contributed by atoms with Gasteiger partial charge in [-0.2, -0.15) is 0 Å². The number of hydrogen-bond acceptors (Lipinski definition) is 3. The Kier molecular flexibility index (Phi) is 4.65. The van der Waals surface area contributed by atoms with E-state index in [-0.39, 0.29) is 11.8 Å². The van der Waals surface area contributed by atoms with Gasteiger partial charge < -0.3 is 14.2 Å². The highest BCUT2D eigenvalue weighted by molar-refractivity contribution is 5.79. The zero-order valence-corrected chi connectivity index (χ0v) is 13.7. The highest BCUT2D eigenvalue weighted by atomic mass is 16.5. The average Bonchev–Trinajstić information content (AvgIpc) is 2.93. The largest absolute Gasteiger partial charge is 0.497 e. The lowest BCUT2D eigenvalue weighted by Gasteiger charge is -2.29. The number of carbonyl (C=O) groups excluding carboxylic acids is 1. The van der Waals surface area contributed by atoms with Gasteiger partial charge >= 0.3 is 0 Å². The topological polar surface area (TPSA) is 47.4 Å². The van der Waals surface area contributed by atoms with E-state index in [2.05, 4.69) is 9.55 Å². The van der Waals surface area contributed by atoms with E-state index >= 15 is 0 Å². The molecule has 122 valence electrons. The molecule has 0 unspecified atom stereocenters. The third-order valence-corrected chi connectivity index (χ3v) is 4.52. The summed E-state index contributed by atoms with van der Waals surface area (Å²) in [5.41, 5.74) is 1.18. The van der Waals surface area contributed by atoms with Crippen LogP contribution in [0.5, 0.6) is 5.75 Å². The van der Waals surface area contributed by atoms with Crippen molar-refractivity contribution in [2.45, 2.75) is 32.4 Å². The predicted molar refractivity (Wildman–Crippen MR) is 88.1 cm³/mol. The van der Waals surface area contributed by atoms with Crippen LogP contribution < -0.4 is 4.74 Å². The van der Waals surface area contributed by atoms with Gasteiger partial charge in [-0.05, 0) is 30.5 Å². The molecule has 23 heavy (non-hydrogen) atoms. The molecule has 1 aromatic carbocycles. The minimum atomic E-state index is 0.227. The number of amides is 1. The predicted octanol–water partition coefficient (Wildman–Crippen LogP) is 2.70. The minimum absolute atomic E-state index is 0.227. The second-order valence-electron chi connectivity index (χ2n) is 6.14. The maximum Gasteiger partial charge on any atom is 0.225 e. The van der Waals surface area contributed by atoms with Crippen molar-refractivity contribution in [3.05, 3.63) is 48.0 Å². The summed E-state index contributed by atoms with van der Waals surface area (Å²) in [5, 5.41) is 0. The summed E-state index contributed by atoms with van der Waals surface area (Å²) < 4.78 is 7.27. The van der Waals surface area contributed by atoms with Crippen molar-refractivity contribution >= 4 is 5.91 Å². The molecule has 1 heterocycles. The number of imidazole rings is 1. The molecule has 0 aliphatic heterocycles. The van der Waals surface area contributed by atoms with Crippen molar-refractivity contribution in [2.75, 3.05) is 14.2 Å². The quantitative estimate of drug-likeness (QED) is 0.824. The second kappa shape index (κ2) is 6.86. The molecule has 1 aromatic heterocycles. The summed E-state index contributed by atoms with van der Waals surface area (Å²) in [6, 6.07) is 8.01. The van der Waals surface area contributed by atoms with Gasteiger partial charge in [-0.15, -0.1) is 0 Å². The van der Waals surface area contributed by atoms with Crippen molar-refractivity contribution in [1.82, 2.24) is 14.5 Å². The highest BCUT2D eigenvalue weighted by Crippen LogP contribution is 2.28. The molecule has 0 radical (unpaired) electrons. The Labute approximate surface area is 136 Å². The second-order valence-corrected chi connectivity index (χ2v) is 6.14. The van der Waals surface area contributed by atoms with E-state index in [1.807, 2.05) is 37.5 Å². The molecule has 1 aliphatic rings. The van der Waals surface area contributed by atoms with Gasteiger partial charge in [0.2, 0.25) is 5.91 Å². The Balaban J connectivity index is 1.65. The van der Waals surface area contributed by atoms with Crippen molar-refractivity contribution < 1.29 is 9.53 Å². The number of rotatable bonds is 6. The first-order valence-electron chi connectivity index (χ1n) is 8.05. The molecule has 0 bridgehead atoms. The first kappa shape index (κ1) is 15.6. The highest BCUT2D eigenvalue weighted by Gasteiger charge is 2.28. The van der Waals surface area contributed by atoms with Gasteiger partial charge in [-0.3, -0.25) is 4.79 Å². The first-order chi connectivity index (χ1) is 11.2. The molecule has 0 atom stereocenters. The van der Waals surface area contributed by atoms with E-state index in [0.717, 1.165) is 31.0 Å². The zero-order valence-electron chi connectivity index (χ0n) is 13.7. The molecule has 5 nitrogen and oxygen atoms in total. The van der Waals surface area contributed by atoms with E-state index in [4.69, 9.17) is 4.74 Å². The fourth-order valence-electron chi connectivity index (χ4n) is 2.82. The summed E-state index contributed by atoms with van der Waals surface area (Å²) in [6.07, 6.45) is 6.99. The Hall–Kier alpha value is -2.30. The van der Waals surface area contributed by atoms with E-state index in [1.165, 1.54) is 12.0 Å². The molecule has 1 aliphatic carbocycles. The third kappa shape index (κ3) is 3.55. The SMILES string of the molecule is COc1ccc(Cn2ccnc2CN(C)C(=O)C2CCC2)cc1. The van der Waals surface area contributed by atoms with Crippen LogP contribution in [0.2, 0.25) is 0 Å². The van der Waals surface area contributed by atoms with Crippen LogP contribution >= 0.6 is 0 Å². The van der Waals surface area contributed by atoms with Gasteiger partial charge in [0.1, 0.15) is 11.6 Å². The molecule has 3 rings (SSSR count). The van der Waals surface area contributed by atoms with Gasteiger partial charge in [0, 0.05) is 31.9 Å². The summed E-state index contributed by atoms with van der Waals surface area (Å²) in [7, 11) is 3.53. The van der Waals surface area contributed by atoms with Crippen LogP contribution in [0.4, 0.5) is 0 Å². The third-order valence-electron chi connectivity index (χ3n) is 4.52. The summed E-state index contributed by atoms with van der Waals surface area (Å²) in [4.78, 5) is 18.5. The normalized spacial score (nSPS) is 14.3. The lowest BCUT2D eigenvalue weighted by atomic mass is 9.84. The molecule has 2 aromatic rings. The molecule has 1 fully saturated rings. The smallest absolute Gasteiger partial charge is 0.225 e. The molecule has 5 heteroatoms. The molecule has 1 amide bonds. The standard InChI is InChI=1S/C18H23N3O2/c1-20(18(22)15-4-3-5-15)13-17-19-10-11-21(17)12-14-6-8-16(23-2)9-7-14/h6-11,15H,3-5,12-13H2,1-2H3. The van der Waals surface area contributed by atoms with E-state index in [0.29, 0.717) is 6.54 Å². The van der Waals surface area contributed by atoms with Gasteiger partial charge in [-0.1, -0.05) is 18.6 Å². The van der Waals surface area contributed by atoms with Gasteiger partial charge in [0.05, 0.1) is 13.7 Å². The van der Waals surface area contributed by atoms with Crippen molar-refractivity contribution in [2.24, 2.45) is 5.92 Å². The van der Waals surface area contributed by atoms with Gasteiger partial charge in [-0.25, -0.2) is 4.98 Å². The Morgan fingerprint density at radius 1 is 1.35 bits per heavy atom. The van der Waals surface area contributed by atoms with Crippen molar-refractivity contribution in [3.8, 4) is 5.75 Å². The monoisotopic (exact) mass is 313 g/mol. The van der Waals surface area contributed by atoms with Crippen LogP contribution in [0.15, 0.2) is 36.7 Å². The van der Waals surface area contributed by atoms with E-state index in [1.54, 1.807) is 18.2 Å². The van der Waals surface area contributed by atoms with Crippen molar-refractivity contribution in [3.63, 3.8) is 0 Å². The van der Waals surface area contributed by atoms with Crippen molar-refractivity contribution in [1.29, 1.82) is 0 Å². The van der Waals surface area contributed by atoms with Crippen LogP contribution in [-0.4, -0.2) is 34.5 Å². The fraction of sp³-hybridized carbons (Fsp3) is 0.444. The summed E-state index contributed by atoms with van der Waals surface area (Å²) in [6.45, 7) is 1.29. The summed E-state index contributed by atoms with van der Waals surface area (Å²) >= 11 is 0. The maximum atomic E-state index is 12.3. The molecule has 0 saturated heterocycles. The Morgan fingerprint density at radius 3 is 2.70 bits per heavy atom. The number of ether oxygens (including phenoxy) is 1. The summed E-state index contributed by atoms with van der Waals surface area (Å²) in [5.74, 6) is 2.24. The maximum absolute atomic E-state index is 12.3. The van der Waals surface area contributed by atoms with Crippen LogP contribution in [0.1, 0.15) is 30.7 Å². The van der Waals surface area contributed by atoms with Gasteiger partial charge in [0.15, 0.2) is 0 Å². The van der Waals surface area contributed by atoms with Crippen LogP contribution in [-0.2, 0) is 17.9 Å². The minimum Gasteiger partial charge on any atom is -0.497 e. The Morgan fingerprint density at radius 2 is 2.09 bits per heavy atom. The Bertz CT molecular complexity index is 659. The first-order valence-corrected chi connectivity index (χ1v) is 8.05. The molecular formula is C18H23N3O2. The van der Waals surface area contributed by atoms with Gasteiger partial charge in [0.25, 0.3) is 0 Å². The fourth-order valence-corrected chi connectivity index (χ4v) is 2.82. The number of nitrogens with zero attached hydrogens (tertiary/aromatic N) is 3. The molecule has 0 spiro atoms. The number of carbonyl (C=O) groups is 1. The molecule has 1 saturated carbocycles. The van der Waals surface area contributed by atoms with E-state index < -0.39 is 0 Å². The number of aromatic nitrogens is 2. The lowest BCUT2D eigenvalue weighted by molar-refractivity contribution is -0.137. The number of hydrogen-bond donors (Lipinski definition) is 0. The van der Waals surface area contributed by atoms with Crippen LogP contribution in [0.25, 0.3) is 0 Å². The molecular weight excluding hydrogens is 290 g/mol. The number of methoxy groups -OCH3 is 1. The molecule has 0 N–H and O–H groups in total. The lowest BCUT2D eigenvalue weighted by Crippen LogP contribution is -2.36. The van der Waals surface area contributed by atoms with Crippen LogP contribution in [0, 0.1) is 5.92 Å². The average molecular weight is 313 g/mol. The van der Waals surface area contributed by atoms with E-state index in [9.17, 15) is 4.79 Å².